The molecular weight excluding hydrogens is 412 g/mol. The second-order valence-electron chi connectivity index (χ2n) is 8.39. The molecule has 7 nitrogen and oxygen atoms in total. The molecule has 0 aliphatic heterocycles. The molecule has 0 saturated heterocycles. The topological polar surface area (TPSA) is 80.3 Å². The zero-order valence-electron chi connectivity index (χ0n) is 19.6. The number of methoxy groups -OCH3 is 4. The Morgan fingerprint density at radius 3 is 2.34 bits per heavy atom. The highest BCUT2D eigenvalue weighted by Gasteiger charge is 2.72. The quantitative estimate of drug-likeness (QED) is 0.426. The maximum absolute atomic E-state index is 14.0. The third kappa shape index (κ3) is 3.39. The molecule has 0 amide bonds. The Bertz CT molecular complexity index is 936. The van der Waals surface area contributed by atoms with Crippen LogP contribution >= 0.6 is 0 Å². The highest BCUT2D eigenvalue weighted by Crippen LogP contribution is 2.60. The molecule has 5 atom stereocenters. The lowest BCUT2D eigenvalue weighted by Gasteiger charge is -2.42. The van der Waals surface area contributed by atoms with E-state index in [0.717, 1.165) is 5.56 Å². The summed E-state index contributed by atoms with van der Waals surface area (Å²) in [6, 6.07) is 5.67. The first-order chi connectivity index (χ1) is 15.2. The number of fused-ring (bicyclic) bond motifs is 2. The molecule has 1 aromatic rings. The molecule has 0 aromatic heterocycles. The van der Waals surface area contributed by atoms with Gasteiger partial charge in [0.1, 0.15) is 5.76 Å². The minimum atomic E-state index is -1.39. The van der Waals surface area contributed by atoms with E-state index in [0.29, 0.717) is 30.1 Å². The fraction of sp³-hybridized carbons (Fsp3) is 0.520. The van der Waals surface area contributed by atoms with Gasteiger partial charge in [-0.2, -0.15) is 0 Å². The smallest absolute Gasteiger partial charge is 0.303 e. The monoisotopic (exact) mass is 444 g/mol. The van der Waals surface area contributed by atoms with Gasteiger partial charge in [0, 0.05) is 20.0 Å². The lowest BCUT2D eigenvalue weighted by atomic mass is 9.70. The van der Waals surface area contributed by atoms with Crippen LogP contribution in [0.5, 0.6) is 11.5 Å². The summed E-state index contributed by atoms with van der Waals surface area (Å²) in [6.45, 7) is 7.22. The van der Waals surface area contributed by atoms with Crippen molar-refractivity contribution in [3.05, 3.63) is 48.3 Å². The van der Waals surface area contributed by atoms with E-state index in [2.05, 4.69) is 6.58 Å². The van der Waals surface area contributed by atoms with Gasteiger partial charge in [-0.15, -0.1) is 6.58 Å². The molecule has 1 saturated carbocycles. The zero-order chi connectivity index (χ0) is 23.7. The van der Waals surface area contributed by atoms with Gasteiger partial charge in [0.2, 0.25) is 0 Å². The summed E-state index contributed by atoms with van der Waals surface area (Å²) in [7, 11) is 6.17. The Kier molecular flexibility index (Phi) is 6.69. The van der Waals surface area contributed by atoms with Crippen LogP contribution in [0.25, 0.3) is 0 Å². The van der Waals surface area contributed by atoms with Gasteiger partial charge in [-0.3, -0.25) is 9.59 Å². The first-order valence-corrected chi connectivity index (χ1v) is 10.6. The Morgan fingerprint density at radius 1 is 1.12 bits per heavy atom. The van der Waals surface area contributed by atoms with Crippen LogP contribution in [0.2, 0.25) is 0 Å². The summed E-state index contributed by atoms with van der Waals surface area (Å²) in [4.78, 5) is 26.0. The van der Waals surface area contributed by atoms with Gasteiger partial charge in [0.05, 0.1) is 26.7 Å². The zero-order valence-corrected chi connectivity index (χ0v) is 19.6. The van der Waals surface area contributed by atoms with Gasteiger partial charge in [0.25, 0.3) is 0 Å². The fourth-order valence-electron chi connectivity index (χ4n) is 5.52. The fourth-order valence-corrected chi connectivity index (χ4v) is 5.52. The Hall–Kier alpha value is -2.80. The van der Waals surface area contributed by atoms with Gasteiger partial charge in [-0.1, -0.05) is 19.1 Å². The highest BCUT2D eigenvalue weighted by atomic mass is 16.6. The van der Waals surface area contributed by atoms with Crippen LogP contribution in [0.4, 0.5) is 0 Å². The molecular formula is C25H32O7. The molecule has 174 valence electrons. The van der Waals surface area contributed by atoms with Crippen molar-refractivity contribution >= 4 is 11.8 Å². The highest BCUT2D eigenvalue weighted by molar-refractivity contribution is 6.00. The molecule has 2 aliphatic carbocycles. The van der Waals surface area contributed by atoms with E-state index in [1.807, 2.05) is 25.1 Å². The summed E-state index contributed by atoms with van der Waals surface area (Å²) in [6.07, 6.45) is 3.50. The number of ketones is 1. The molecule has 0 heterocycles. The third-order valence-electron chi connectivity index (χ3n) is 7.04. The van der Waals surface area contributed by atoms with Gasteiger partial charge in [-0.05, 0) is 42.5 Å². The molecule has 3 rings (SSSR count). The molecule has 32 heavy (non-hydrogen) atoms. The third-order valence-corrected chi connectivity index (χ3v) is 7.04. The van der Waals surface area contributed by atoms with Crippen molar-refractivity contribution < 1.29 is 33.3 Å². The largest absolute Gasteiger partial charge is 0.497 e. The van der Waals surface area contributed by atoms with Crippen LogP contribution in [0.1, 0.15) is 25.8 Å². The van der Waals surface area contributed by atoms with E-state index in [9.17, 15) is 9.59 Å². The Balaban J connectivity index is 2.17. The maximum Gasteiger partial charge on any atom is 0.303 e. The van der Waals surface area contributed by atoms with E-state index in [-0.39, 0.29) is 17.6 Å². The SMILES string of the molecule is C=CC[C@@]12C=C(OC)[C@@H](OC(C)=O)[C@@](OC)(C1=O)[C@@H](Cc1ccc(OC)c(OC)c1)[C@@H]2C. The van der Waals surface area contributed by atoms with Gasteiger partial charge < -0.3 is 23.7 Å². The van der Waals surface area contributed by atoms with Crippen molar-refractivity contribution in [1.82, 2.24) is 0 Å². The van der Waals surface area contributed by atoms with Crippen molar-refractivity contribution in [2.24, 2.45) is 17.3 Å². The molecule has 1 fully saturated rings. The van der Waals surface area contributed by atoms with Crippen LogP contribution in [0.15, 0.2) is 42.7 Å². The number of hydrogen-bond donors (Lipinski definition) is 0. The van der Waals surface area contributed by atoms with Crippen LogP contribution < -0.4 is 9.47 Å². The molecule has 2 aliphatic rings. The van der Waals surface area contributed by atoms with Crippen LogP contribution in [0, 0.1) is 17.3 Å². The molecule has 0 radical (unpaired) electrons. The minimum Gasteiger partial charge on any atom is -0.497 e. The predicted octanol–water partition coefficient (Wildman–Crippen LogP) is 3.50. The summed E-state index contributed by atoms with van der Waals surface area (Å²) in [5.74, 6) is 0.587. The summed E-state index contributed by atoms with van der Waals surface area (Å²) in [5, 5.41) is 0. The first-order valence-electron chi connectivity index (χ1n) is 10.6. The standard InChI is InChI=1S/C25H32O7/c1-8-11-24-14-21(30-6)22(32-16(3)26)25(31-7,23(24)27)18(15(24)2)12-17-9-10-19(28-4)20(13-17)29-5/h8-10,13-15,18,22H,1,11-12H2,2-7H3/t15-,18-,22+,24-,25+/m0/s1. The van der Waals surface area contributed by atoms with Crippen molar-refractivity contribution in [2.45, 2.75) is 38.4 Å². The van der Waals surface area contributed by atoms with E-state index in [1.54, 1.807) is 26.4 Å². The van der Waals surface area contributed by atoms with E-state index >= 15 is 0 Å². The number of hydrogen-bond acceptors (Lipinski definition) is 7. The normalized spacial score (nSPS) is 31.0. The lowest BCUT2D eigenvalue weighted by Crippen LogP contribution is -2.59. The van der Waals surface area contributed by atoms with Gasteiger partial charge >= 0.3 is 5.97 Å². The number of rotatable bonds is 9. The second-order valence-corrected chi connectivity index (χ2v) is 8.39. The van der Waals surface area contributed by atoms with Crippen molar-refractivity contribution in [2.75, 3.05) is 28.4 Å². The summed E-state index contributed by atoms with van der Waals surface area (Å²) < 4.78 is 28.1. The van der Waals surface area contributed by atoms with Crippen molar-refractivity contribution in [1.29, 1.82) is 0 Å². The number of Topliss-reactive ketones (excluding diaryl/α,β-unsaturated/α-hetero) is 1. The van der Waals surface area contributed by atoms with Gasteiger partial charge in [0.15, 0.2) is 29.0 Å². The van der Waals surface area contributed by atoms with Gasteiger partial charge in [-0.25, -0.2) is 0 Å². The second kappa shape index (κ2) is 8.98. The lowest BCUT2D eigenvalue weighted by molar-refractivity contribution is -0.182. The van der Waals surface area contributed by atoms with E-state index in [4.69, 9.17) is 23.7 Å². The van der Waals surface area contributed by atoms with Crippen LogP contribution in [0.3, 0.4) is 0 Å². The van der Waals surface area contributed by atoms with E-state index in [1.165, 1.54) is 21.1 Å². The van der Waals surface area contributed by atoms with Crippen LogP contribution in [-0.4, -0.2) is 51.9 Å². The van der Waals surface area contributed by atoms with E-state index < -0.39 is 23.1 Å². The Morgan fingerprint density at radius 2 is 1.81 bits per heavy atom. The number of esters is 1. The molecule has 7 heteroatoms. The summed E-state index contributed by atoms with van der Waals surface area (Å²) >= 11 is 0. The van der Waals surface area contributed by atoms with Crippen molar-refractivity contribution in [3.63, 3.8) is 0 Å². The number of carbonyl (C=O) groups excluding carboxylic acids is 2. The summed E-state index contributed by atoms with van der Waals surface area (Å²) in [5.41, 5.74) is -1.30. The average Bonchev–Trinajstić information content (AvgIpc) is 2.89. The molecule has 0 spiro atoms. The molecule has 0 unspecified atom stereocenters. The number of allylic oxidation sites excluding steroid dienone is 2. The average molecular weight is 445 g/mol. The molecule has 1 aromatic carbocycles. The maximum atomic E-state index is 14.0. The number of benzene rings is 1. The van der Waals surface area contributed by atoms with Crippen molar-refractivity contribution in [3.8, 4) is 11.5 Å². The van der Waals surface area contributed by atoms with Crippen LogP contribution in [-0.2, 0) is 30.2 Å². The molecule has 2 bridgehead atoms. The number of carbonyl (C=O) groups is 2. The number of ether oxygens (including phenoxy) is 5. The predicted molar refractivity (Wildman–Crippen MR) is 119 cm³/mol. The molecule has 0 N–H and O–H groups in total. The minimum absolute atomic E-state index is 0.113. The first kappa shape index (κ1) is 23.9. The Labute approximate surface area is 189 Å².